The Morgan fingerprint density at radius 3 is 3.08 bits per heavy atom. The van der Waals surface area contributed by atoms with Crippen molar-refractivity contribution >= 4 is 36.3 Å². The molecule has 66 valence electrons. The first-order valence-corrected chi connectivity index (χ1v) is 5.46. The van der Waals surface area contributed by atoms with Gasteiger partial charge in [-0.3, -0.25) is 0 Å². The highest BCUT2D eigenvalue weighted by Gasteiger charge is 2.15. The van der Waals surface area contributed by atoms with Gasteiger partial charge in [-0.2, -0.15) is 0 Å². The molecule has 1 aliphatic rings. The van der Waals surface area contributed by atoms with E-state index in [0.29, 0.717) is 16.2 Å². The quantitative estimate of drug-likeness (QED) is 0.468. The van der Waals surface area contributed by atoms with Gasteiger partial charge in [0.1, 0.15) is 13.0 Å². The zero-order chi connectivity index (χ0) is 9.14. The lowest BCUT2D eigenvalue weighted by Gasteiger charge is -2.17. The van der Waals surface area contributed by atoms with Crippen molar-refractivity contribution in [1.29, 1.82) is 0 Å². The summed E-state index contributed by atoms with van der Waals surface area (Å²) >= 11 is 7.63. The molecule has 0 saturated carbocycles. The fraction of sp³-hybridized carbons (Fsp3) is 0.625. The van der Waals surface area contributed by atoms with E-state index in [0.717, 1.165) is 6.42 Å². The standard InChI is InChI=1S/C8H13BClNS/c1-5-3-4-7(10)11-8(5)12-6(2)9/h4-6H,3,9H2,1-2H3. The summed E-state index contributed by atoms with van der Waals surface area (Å²) in [6.07, 6.45) is 3.01. The first-order chi connectivity index (χ1) is 5.59. The van der Waals surface area contributed by atoms with Gasteiger partial charge in [-0.1, -0.05) is 25.4 Å². The van der Waals surface area contributed by atoms with Gasteiger partial charge in [-0.25, -0.2) is 4.99 Å². The third-order valence-electron chi connectivity index (χ3n) is 1.63. The predicted octanol–water partition coefficient (Wildman–Crippen LogP) is 2.22. The average molecular weight is 202 g/mol. The van der Waals surface area contributed by atoms with E-state index in [1.807, 2.05) is 17.8 Å². The molecule has 1 aliphatic heterocycles. The predicted molar refractivity (Wildman–Crippen MR) is 60.7 cm³/mol. The molecule has 0 spiro atoms. The molecule has 0 bridgehead atoms. The van der Waals surface area contributed by atoms with E-state index in [4.69, 9.17) is 11.6 Å². The van der Waals surface area contributed by atoms with Gasteiger partial charge < -0.3 is 0 Å². The summed E-state index contributed by atoms with van der Waals surface area (Å²) in [5.41, 5.74) is 0. The molecule has 0 aromatic heterocycles. The fourth-order valence-corrected chi connectivity index (χ4v) is 2.21. The minimum Gasteiger partial charge on any atom is -0.234 e. The molecular formula is C8H13BClNS. The van der Waals surface area contributed by atoms with E-state index in [1.54, 1.807) is 0 Å². The van der Waals surface area contributed by atoms with Crippen molar-refractivity contribution in [3.05, 3.63) is 11.2 Å². The fourth-order valence-electron chi connectivity index (χ4n) is 1.02. The lowest BCUT2D eigenvalue weighted by Crippen LogP contribution is -2.13. The van der Waals surface area contributed by atoms with Crippen molar-refractivity contribution in [2.24, 2.45) is 10.9 Å². The molecule has 1 rings (SSSR count). The molecular weight excluding hydrogens is 188 g/mol. The van der Waals surface area contributed by atoms with Crippen LogP contribution in [0.25, 0.3) is 0 Å². The third kappa shape index (κ3) is 2.87. The van der Waals surface area contributed by atoms with Crippen molar-refractivity contribution in [2.45, 2.75) is 25.4 Å². The Morgan fingerprint density at radius 2 is 2.50 bits per heavy atom. The van der Waals surface area contributed by atoms with Gasteiger partial charge in [0, 0.05) is 5.92 Å². The lowest BCUT2D eigenvalue weighted by molar-refractivity contribution is 0.787. The van der Waals surface area contributed by atoms with Crippen LogP contribution in [0.2, 0.25) is 0 Å². The third-order valence-corrected chi connectivity index (χ3v) is 3.08. The van der Waals surface area contributed by atoms with Crippen molar-refractivity contribution < 1.29 is 0 Å². The molecule has 2 atom stereocenters. The van der Waals surface area contributed by atoms with Gasteiger partial charge in [0.25, 0.3) is 0 Å². The molecule has 0 N–H and O–H groups in total. The summed E-state index contributed by atoms with van der Waals surface area (Å²) in [7, 11) is 2.17. The maximum atomic E-state index is 5.82. The summed E-state index contributed by atoms with van der Waals surface area (Å²) < 4.78 is 0. The van der Waals surface area contributed by atoms with Crippen LogP contribution < -0.4 is 0 Å². The van der Waals surface area contributed by atoms with Gasteiger partial charge in [0.2, 0.25) is 0 Å². The number of nitrogens with zero attached hydrogens (tertiary/aromatic N) is 1. The molecule has 12 heavy (non-hydrogen) atoms. The van der Waals surface area contributed by atoms with Crippen molar-refractivity contribution in [3.63, 3.8) is 0 Å². The van der Waals surface area contributed by atoms with Crippen LogP contribution >= 0.6 is 23.4 Å². The average Bonchev–Trinajstić information content (AvgIpc) is 1.96. The first kappa shape index (κ1) is 10.2. The topological polar surface area (TPSA) is 12.4 Å². The molecule has 2 unspecified atom stereocenters. The van der Waals surface area contributed by atoms with Gasteiger partial charge in [0.15, 0.2) is 0 Å². The zero-order valence-electron chi connectivity index (χ0n) is 7.67. The summed E-state index contributed by atoms with van der Waals surface area (Å²) in [5.74, 6) is 0.542. The number of allylic oxidation sites excluding steroid dienone is 1. The van der Waals surface area contributed by atoms with Crippen molar-refractivity contribution in [3.8, 4) is 0 Å². The molecule has 0 saturated heterocycles. The minimum atomic E-state index is 0.542. The van der Waals surface area contributed by atoms with E-state index >= 15 is 0 Å². The Labute approximate surface area is 84.1 Å². The second-order valence-corrected chi connectivity index (χ2v) is 5.26. The number of aliphatic imine (C=N–C) groups is 1. The highest BCUT2D eigenvalue weighted by Crippen LogP contribution is 2.26. The second kappa shape index (κ2) is 4.38. The van der Waals surface area contributed by atoms with E-state index in [1.165, 1.54) is 5.04 Å². The van der Waals surface area contributed by atoms with Crippen LogP contribution in [-0.2, 0) is 0 Å². The molecule has 0 fully saturated rings. The molecule has 0 radical (unpaired) electrons. The number of thioether (sulfide) groups is 1. The number of rotatable bonds is 1. The Kier molecular flexibility index (Phi) is 3.72. The Bertz CT molecular complexity index is 225. The highest BCUT2D eigenvalue weighted by atomic mass is 35.5. The van der Waals surface area contributed by atoms with Crippen LogP contribution in [0.4, 0.5) is 0 Å². The zero-order valence-corrected chi connectivity index (χ0v) is 9.25. The SMILES string of the molecule is BC(C)SC1=NC(Cl)=CCC1C. The molecule has 4 heteroatoms. The Morgan fingerprint density at radius 1 is 1.83 bits per heavy atom. The second-order valence-electron chi connectivity index (χ2n) is 3.28. The van der Waals surface area contributed by atoms with Crippen LogP contribution in [0, 0.1) is 5.92 Å². The van der Waals surface area contributed by atoms with Gasteiger partial charge in [0.05, 0.1) is 5.04 Å². The highest BCUT2D eigenvalue weighted by molar-refractivity contribution is 8.15. The van der Waals surface area contributed by atoms with Crippen LogP contribution in [0.15, 0.2) is 16.2 Å². The van der Waals surface area contributed by atoms with Crippen LogP contribution in [-0.4, -0.2) is 18.0 Å². The Balaban J connectivity index is 2.65. The first-order valence-electron chi connectivity index (χ1n) is 4.20. The number of hydrogen-bond donors (Lipinski definition) is 0. The summed E-state index contributed by atoms with van der Waals surface area (Å²) in [6, 6.07) is 0. The van der Waals surface area contributed by atoms with Crippen molar-refractivity contribution in [1.82, 2.24) is 0 Å². The van der Waals surface area contributed by atoms with Gasteiger partial charge in [-0.05, 0) is 17.6 Å². The van der Waals surface area contributed by atoms with E-state index in [-0.39, 0.29) is 0 Å². The Hall–Kier alpha value is 0.115. The molecule has 0 aromatic rings. The van der Waals surface area contributed by atoms with Crippen LogP contribution in [0.1, 0.15) is 20.3 Å². The summed E-state index contributed by atoms with van der Waals surface area (Å²) in [5, 5.41) is 2.42. The molecule has 1 heterocycles. The monoisotopic (exact) mass is 201 g/mol. The van der Waals surface area contributed by atoms with Crippen molar-refractivity contribution in [2.75, 3.05) is 0 Å². The van der Waals surface area contributed by atoms with Crippen LogP contribution in [0.5, 0.6) is 0 Å². The molecule has 0 aromatic carbocycles. The molecule has 0 amide bonds. The van der Waals surface area contributed by atoms with E-state index in [9.17, 15) is 0 Å². The summed E-state index contributed by atoms with van der Waals surface area (Å²) in [4.78, 5) is 4.31. The van der Waals surface area contributed by atoms with Gasteiger partial charge in [-0.15, -0.1) is 11.8 Å². The smallest absolute Gasteiger partial charge is 0.126 e. The molecule has 1 nitrogen and oxygen atoms in total. The molecule has 0 aliphatic carbocycles. The maximum Gasteiger partial charge on any atom is 0.126 e. The normalized spacial score (nSPS) is 26.1. The lowest BCUT2D eigenvalue weighted by atomic mass is 10.1. The van der Waals surface area contributed by atoms with Crippen LogP contribution in [0.3, 0.4) is 0 Å². The van der Waals surface area contributed by atoms with E-state index in [2.05, 4.69) is 26.7 Å². The maximum absolute atomic E-state index is 5.82. The number of halogens is 1. The minimum absolute atomic E-state index is 0.542. The van der Waals surface area contributed by atoms with Gasteiger partial charge >= 0.3 is 0 Å². The van der Waals surface area contributed by atoms with E-state index < -0.39 is 0 Å². The largest absolute Gasteiger partial charge is 0.234 e. The summed E-state index contributed by atoms with van der Waals surface area (Å²) in [6.45, 7) is 4.36. The number of hydrogen-bond acceptors (Lipinski definition) is 2.